The number of carbonyl (C=O) groups excluding carboxylic acids is 3. The van der Waals surface area contributed by atoms with Crippen LogP contribution in [0, 0.1) is 6.92 Å². The van der Waals surface area contributed by atoms with Crippen molar-refractivity contribution in [2.24, 2.45) is 0 Å². The number of benzene rings is 2. The van der Waals surface area contributed by atoms with Crippen LogP contribution in [-0.2, 0) is 14.3 Å². The molecule has 0 aromatic heterocycles. The number of imide groups is 1. The second kappa shape index (κ2) is 9.96. The van der Waals surface area contributed by atoms with Gasteiger partial charge in [0.25, 0.3) is 5.91 Å². The van der Waals surface area contributed by atoms with Crippen LogP contribution in [0.1, 0.15) is 12.5 Å². The molecule has 8 heteroatoms. The van der Waals surface area contributed by atoms with E-state index in [1.807, 2.05) is 19.1 Å². The molecule has 0 saturated heterocycles. The molecule has 0 spiro atoms. The third-order valence-electron chi connectivity index (χ3n) is 3.61. The summed E-state index contributed by atoms with van der Waals surface area (Å²) in [5, 5.41) is 4.55. The first-order valence-electron chi connectivity index (χ1n) is 8.52. The van der Waals surface area contributed by atoms with Crippen LogP contribution in [0.4, 0.5) is 10.5 Å². The average molecular weight is 386 g/mol. The van der Waals surface area contributed by atoms with Crippen LogP contribution in [0.3, 0.4) is 0 Å². The molecule has 0 fully saturated rings. The van der Waals surface area contributed by atoms with Crippen LogP contribution in [-0.4, -0.2) is 37.7 Å². The summed E-state index contributed by atoms with van der Waals surface area (Å²) in [5.74, 6) is -0.331. The highest BCUT2D eigenvalue weighted by molar-refractivity contribution is 6.01. The molecule has 1 atom stereocenters. The highest BCUT2D eigenvalue weighted by atomic mass is 16.6. The van der Waals surface area contributed by atoms with Gasteiger partial charge in [0.1, 0.15) is 11.5 Å². The molecule has 2 rings (SSSR count). The summed E-state index contributed by atoms with van der Waals surface area (Å²) in [6, 6.07) is 13.0. The molecular weight excluding hydrogens is 364 g/mol. The van der Waals surface area contributed by atoms with Gasteiger partial charge in [0.15, 0.2) is 12.7 Å². The second-order valence-corrected chi connectivity index (χ2v) is 5.91. The Kier molecular flexibility index (Phi) is 7.38. The number of ether oxygens (including phenoxy) is 3. The van der Waals surface area contributed by atoms with E-state index in [0.29, 0.717) is 17.2 Å². The fourth-order valence-corrected chi connectivity index (χ4v) is 2.12. The minimum Gasteiger partial charge on any atom is -0.497 e. The van der Waals surface area contributed by atoms with Gasteiger partial charge in [-0.25, -0.2) is 9.59 Å². The van der Waals surface area contributed by atoms with Crippen LogP contribution in [0.2, 0.25) is 0 Å². The fraction of sp³-hybridized carbons (Fsp3) is 0.250. The predicted octanol–water partition coefficient (Wildman–Crippen LogP) is 2.66. The van der Waals surface area contributed by atoms with E-state index < -0.39 is 30.6 Å². The highest BCUT2D eigenvalue weighted by Gasteiger charge is 2.18. The van der Waals surface area contributed by atoms with Crippen molar-refractivity contribution in [2.45, 2.75) is 20.0 Å². The summed E-state index contributed by atoms with van der Waals surface area (Å²) in [6.45, 7) is 2.85. The van der Waals surface area contributed by atoms with Crippen molar-refractivity contribution in [3.8, 4) is 11.5 Å². The van der Waals surface area contributed by atoms with Crippen LogP contribution in [0.5, 0.6) is 11.5 Å². The topological polar surface area (TPSA) is 103 Å². The third kappa shape index (κ3) is 6.64. The van der Waals surface area contributed by atoms with Gasteiger partial charge in [-0.05, 0) is 50.2 Å². The molecule has 2 aromatic carbocycles. The predicted molar refractivity (Wildman–Crippen MR) is 102 cm³/mol. The Morgan fingerprint density at radius 3 is 2.18 bits per heavy atom. The van der Waals surface area contributed by atoms with Gasteiger partial charge in [-0.1, -0.05) is 17.7 Å². The molecular formula is C20H22N2O6. The Morgan fingerprint density at radius 1 is 0.964 bits per heavy atom. The van der Waals surface area contributed by atoms with Crippen LogP contribution in [0.15, 0.2) is 48.5 Å². The van der Waals surface area contributed by atoms with E-state index in [4.69, 9.17) is 14.2 Å². The average Bonchev–Trinajstić information content (AvgIpc) is 2.68. The SMILES string of the molecule is COc1ccc(NC(=O)NC(=O)COC(=O)C(C)Oc2ccc(C)cc2)cc1. The number of esters is 1. The Labute approximate surface area is 162 Å². The van der Waals surface area contributed by atoms with Gasteiger partial charge < -0.3 is 19.5 Å². The van der Waals surface area contributed by atoms with Gasteiger partial charge in [0.05, 0.1) is 7.11 Å². The standard InChI is InChI=1S/C20H22N2O6/c1-13-4-8-17(9-5-13)28-14(2)19(24)27-12-18(23)22-20(25)21-15-6-10-16(26-3)11-7-15/h4-11,14H,12H2,1-3H3,(H2,21,22,23,25). The lowest BCUT2D eigenvalue weighted by Crippen LogP contribution is -2.38. The Hall–Kier alpha value is -3.55. The summed E-state index contributed by atoms with van der Waals surface area (Å²) in [4.78, 5) is 35.5. The summed E-state index contributed by atoms with van der Waals surface area (Å²) >= 11 is 0. The van der Waals surface area contributed by atoms with E-state index in [1.54, 1.807) is 36.4 Å². The number of methoxy groups -OCH3 is 1. The molecule has 2 N–H and O–H groups in total. The van der Waals surface area contributed by atoms with E-state index in [-0.39, 0.29) is 0 Å². The van der Waals surface area contributed by atoms with Gasteiger partial charge in [0, 0.05) is 5.69 Å². The molecule has 3 amide bonds. The van der Waals surface area contributed by atoms with Gasteiger partial charge in [-0.3, -0.25) is 10.1 Å². The molecule has 28 heavy (non-hydrogen) atoms. The number of urea groups is 1. The zero-order chi connectivity index (χ0) is 20.5. The van der Waals surface area contributed by atoms with Crippen molar-refractivity contribution in [1.29, 1.82) is 0 Å². The van der Waals surface area contributed by atoms with Crippen LogP contribution < -0.4 is 20.1 Å². The maximum Gasteiger partial charge on any atom is 0.347 e. The molecule has 0 saturated carbocycles. The van der Waals surface area contributed by atoms with Crippen molar-refractivity contribution >= 4 is 23.6 Å². The Bertz CT molecular complexity index is 818. The molecule has 0 radical (unpaired) electrons. The summed E-state index contributed by atoms with van der Waals surface area (Å²) in [7, 11) is 1.53. The lowest BCUT2D eigenvalue weighted by Gasteiger charge is -2.14. The number of amides is 3. The number of anilines is 1. The van der Waals surface area contributed by atoms with Crippen molar-refractivity contribution < 1.29 is 28.6 Å². The first-order valence-corrected chi connectivity index (χ1v) is 8.52. The van der Waals surface area contributed by atoms with E-state index in [1.165, 1.54) is 14.0 Å². The fourth-order valence-electron chi connectivity index (χ4n) is 2.12. The molecule has 1 unspecified atom stereocenters. The molecule has 8 nitrogen and oxygen atoms in total. The zero-order valence-corrected chi connectivity index (χ0v) is 15.9. The Morgan fingerprint density at radius 2 is 1.57 bits per heavy atom. The quantitative estimate of drug-likeness (QED) is 0.709. The molecule has 0 aliphatic carbocycles. The summed E-state index contributed by atoms with van der Waals surface area (Å²) < 4.78 is 15.3. The molecule has 0 aliphatic rings. The van der Waals surface area contributed by atoms with E-state index >= 15 is 0 Å². The number of rotatable bonds is 7. The first kappa shape index (κ1) is 20.8. The number of hydrogen-bond donors (Lipinski definition) is 2. The van der Waals surface area contributed by atoms with E-state index in [0.717, 1.165) is 5.56 Å². The summed E-state index contributed by atoms with van der Waals surface area (Å²) in [5.41, 5.74) is 1.54. The van der Waals surface area contributed by atoms with Crippen molar-refractivity contribution in [3.63, 3.8) is 0 Å². The maximum atomic E-state index is 11.9. The number of aryl methyl sites for hydroxylation is 1. The smallest absolute Gasteiger partial charge is 0.347 e. The second-order valence-electron chi connectivity index (χ2n) is 5.91. The lowest BCUT2D eigenvalue weighted by atomic mass is 10.2. The number of carbonyl (C=O) groups is 3. The molecule has 0 aliphatic heterocycles. The van der Waals surface area contributed by atoms with Crippen molar-refractivity contribution in [3.05, 3.63) is 54.1 Å². The summed E-state index contributed by atoms with van der Waals surface area (Å²) in [6.07, 6.45) is -0.899. The molecule has 2 aromatic rings. The molecule has 0 heterocycles. The monoisotopic (exact) mass is 386 g/mol. The molecule has 148 valence electrons. The number of hydrogen-bond acceptors (Lipinski definition) is 6. The molecule has 0 bridgehead atoms. The van der Waals surface area contributed by atoms with E-state index in [2.05, 4.69) is 10.6 Å². The van der Waals surface area contributed by atoms with Gasteiger partial charge >= 0.3 is 12.0 Å². The normalized spacial score (nSPS) is 11.1. The minimum atomic E-state index is -0.899. The van der Waals surface area contributed by atoms with Gasteiger partial charge in [0.2, 0.25) is 0 Å². The largest absolute Gasteiger partial charge is 0.497 e. The lowest BCUT2D eigenvalue weighted by molar-refractivity contribution is -0.154. The van der Waals surface area contributed by atoms with Crippen molar-refractivity contribution in [2.75, 3.05) is 19.0 Å². The highest BCUT2D eigenvalue weighted by Crippen LogP contribution is 2.15. The van der Waals surface area contributed by atoms with Crippen molar-refractivity contribution in [1.82, 2.24) is 5.32 Å². The van der Waals surface area contributed by atoms with Gasteiger partial charge in [-0.15, -0.1) is 0 Å². The third-order valence-corrected chi connectivity index (χ3v) is 3.61. The van der Waals surface area contributed by atoms with Crippen LogP contribution in [0.25, 0.3) is 0 Å². The van der Waals surface area contributed by atoms with Crippen LogP contribution >= 0.6 is 0 Å². The Balaban J connectivity index is 1.73. The van der Waals surface area contributed by atoms with Gasteiger partial charge in [-0.2, -0.15) is 0 Å². The maximum absolute atomic E-state index is 11.9. The number of nitrogens with one attached hydrogen (secondary N) is 2. The zero-order valence-electron chi connectivity index (χ0n) is 15.9. The minimum absolute atomic E-state index is 0.475. The van der Waals surface area contributed by atoms with E-state index in [9.17, 15) is 14.4 Å². The first-order chi connectivity index (χ1) is 13.4.